The average Bonchev–Trinajstić information content (AvgIpc) is 2.58. The molecule has 134 valence electrons. The van der Waals surface area contributed by atoms with Crippen molar-refractivity contribution >= 4 is 33.0 Å². The molecule has 0 fully saturated rings. The predicted octanol–water partition coefficient (Wildman–Crippen LogP) is 3.25. The molecule has 0 aromatic heterocycles. The number of phenols is 1. The van der Waals surface area contributed by atoms with Gasteiger partial charge in [0.05, 0.1) is 29.4 Å². The zero-order valence-corrected chi connectivity index (χ0v) is 15.1. The molecule has 0 atom stereocenters. The Bertz CT molecular complexity index is 850. The van der Waals surface area contributed by atoms with Gasteiger partial charge in [0.2, 0.25) is 5.91 Å². The number of carbonyl (C=O) groups excluding carboxylic acids is 1. The molecule has 0 radical (unpaired) electrons. The number of benzene rings is 2. The molecular formula is C17H18ClNO5S. The molecule has 0 saturated carbocycles. The summed E-state index contributed by atoms with van der Waals surface area (Å²) < 4.78 is 29.2. The largest absolute Gasteiger partial charge is 0.506 e. The summed E-state index contributed by atoms with van der Waals surface area (Å²) in [5.74, 6) is -0.103. The van der Waals surface area contributed by atoms with Gasteiger partial charge in [-0.3, -0.25) is 4.79 Å². The quantitative estimate of drug-likeness (QED) is 0.716. The minimum absolute atomic E-state index is 0.0345. The van der Waals surface area contributed by atoms with Crippen molar-refractivity contribution in [2.24, 2.45) is 0 Å². The summed E-state index contributed by atoms with van der Waals surface area (Å²) in [5.41, 5.74) is 0.0472. The van der Waals surface area contributed by atoms with E-state index in [4.69, 9.17) is 16.3 Å². The van der Waals surface area contributed by atoms with Gasteiger partial charge in [0.1, 0.15) is 11.5 Å². The van der Waals surface area contributed by atoms with Gasteiger partial charge >= 0.3 is 0 Å². The maximum absolute atomic E-state index is 12.0. The second-order valence-electron chi connectivity index (χ2n) is 5.18. The van der Waals surface area contributed by atoms with Crippen molar-refractivity contribution in [2.45, 2.75) is 18.2 Å². The van der Waals surface area contributed by atoms with E-state index in [0.29, 0.717) is 10.8 Å². The van der Waals surface area contributed by atoms with Gasteiger partial charge in [-0.2, -0.15) is 0 Å². The third-order valence-electron chi connectivity index (χ3n) is 3.39. The first-order chi connectivity index (χ1) is 11.8. The number of phenolic OH excluding ortho intramolecular Hbond substituents is 1. The molecule has 0 aliphatic heterocycles. The number of sulfone groups is 1. The Morgan fingerprint density at radius 1 is 1.20 bits per heavy atom. The molecule has 0 saturated heterocycles. The zero-order chi connectivity index (χ0) is 18.4. The van der Waals surface area contributed by atoms with E-state index < -0.39 is 15.7 Å². The lowest BCUT2D eigenvalue weighted by atomic mass is 10.3. The zero-order valence-electron chi connectivity index (χ0n) is 13.5. The van der Waals surface area contributed by atoms with Gasteiger partial charge < -0.3 is 15.2 Å². The van der Waals surface area contributed by atoms with Crippen LogP contribution in [-0.4, -0.2) is 31.8 Å². The van der Waals surface area contributed by atoms with Crippen molar-refractivity contribution in [3.05, 3.63) is 47.5 Å². The summed E-state index contributed by atoms with van der Waals surface area (Å²) in [6.07, 6.45) is 0.0345. The minimum Gasteiger partial charge on any atom is -0.506 e. The third-order valence-corrected chi connectivity index (χ3v) is 5.38. The number of hydrogen-bond donors (Lipinski definition) is 2. The van der Waals surface area contributed by atoms with Crippen LogP contribution in [0.3, 0.4) is 0 Å². The van der Waals surface area contributed by atoms with Gasteiger partial charge in [0, 0.05) is 5.02 Å². The SMILES string of the molecule is CCS(=O)(=O)c1ccc(O)c(NC(=O)CCOc2ccc(Cl)cc2)c1. The van der Waals surface area contributed by atoms with Crippen LogP contribution in [0.2, 0.25) is 5.02 Å². The van der Waals surface area contributed by atoms with Crippen molar-refractivity contribution in [3.8, 4) is 11.5 Å². The Morgan fingerprint density at radius 2 is 1.88 bits per heavy atom. The second kappa shape index (κ2) is 8.22. The van der Waals surface area contributed by atoms with Crippen LogP contribution < -0.4 is 10.1 Å². The lowest BCUT2D eigenvalue weighted by Gasteiger charge is -2.10. The van der Waals surface area contributed by atoms with Crippen LogP contribution in [0.1, 0.15) is 13.3 Å². The summed E-state index contributed by atoms with van der Waals surface area (Å²) in [5, 5.41) is 12.9. The van der Waals surface area contributed by atoms with Crippen molar-refractivity contribution in [1.29, 1.82) is 0 Å². The predicted molar refractivity (Wildman–Crippen MR) is 96.0 cm³/mol. The highest BCUT2D eigenvalue weighted by molar-refractivity contribution is 7.91. The van der Waals surface area contributed by atoms with Gasteiger partial charge in [-0.25, -0.2) is 8.42 Å². The molecule has 0 spiro atoms. The molecule has 0 aliphatic carbocycles. The Hall–Kier alpha value is -2.25. The van der Waals surface area contributed by atoms with Crippen LogP contribution in [0.5, 0.6) is 11.5 Å². The minimum atomic E-state index is -3.43. The highest BCUT2D eigenvalue weighted by Crippen LogP contribution is 2.27. The van der Waals surface area contributed by atoms with E-state index in [2.05, 4.69) is 5.32 Å². The number of aromatic hydroxyl groups is 1. The smallest absolute Gasteiger partial charge is 0.227 e. The molecule has 0 heterocycles. The fraction of sp³-hybridized carbons (Fsp3) is 0.235. The van der Waals surface area contributed by atoms with Gasteiger partial charge in [-0.1, -0.05) is 18.5 Å². The van der Waals surface area contributed by atoms with Crippen LogP contribution in [-0.2, 0) is 14.6 Å². The Kier molecular flexibility index (Phi) is 6.27. The number of hydrogen-bond acceptors (Lipinski definition) is 5. The Morgan fingerprint density at radius 3 is 2.52 bits per heavy atom. The van der Waals surface area contributed by atoms with Crippen molar-refractivity contribution < 1.29 is 23.1 Å². The number of rotatable bonds is 7. The molecule has 2 aromatic carbocycles. The van der Waals surface area contributed by atoms with Crippen LogP contribution in [0, 0.1) is 0 Å². The topological polar surface area (TPSA) is 92.7 Å². The fourth-order valence-corrected chi connectivity index (χ4v) is 3.01. The molecule has 2 rings (SSSR count). The lowest BCUT2D eigenvalue weighted by molar-refractivity contribution is -0.116. The van der Waals surface area contributed by atoms with E-state index in [9.17, 15) is 18.3 Å². The second-order valence-corrected chi connectivity index (χ2v) is 7.90. The van der Waals surface area contributed by atoms with Crippen LogP contribution in [0.25, 0.3) is 0 Å². The van der Waals surface area contributed by atoms with E-state index in [1.165, 1.54) is 25.1 Å². The number of carbonyl (C=O) groups is 1. The van der Waals surface area contributed by atoms with Crippen LogP contribution in [0.15, 0.2) is 47.4 Å². The van der Waals surface area contributed by atoms with E-state index >= 15 is 0 Å². The molecule has 2 N–H and O–H groups in total. The van der Waals surface area contributed by atoms with Gasteiger partial charge in [-0.05, 0) is 42.5 Å². The summed E-state index contributed by atoms with van der Waals surface area (Å²) >= 11 is 5.77. The molecular weight excluding hydrogens is 366 g/mol. The maximum Gasteiger partial charge on any atom is 0.227 e. The highest BCUT2D eigenvalue weighted by atomic mass is 35.5. The number of anilines is 1. The van der Waals surface area contributed by atoms with E-state index in [1.54, 1.807) is 24.3 Å². The van der Waals surface area contributed by atoms with Gasteiger partial charge in [0.25, 0.3) is 0 Å². The van der Waals surface area contributed by atoms with E-state index in [1.807, 2.05) is 0 Å². The number of amides is 1. The van der Waals surface area contributed by atoms with Gasteiger partial charge in [0.15, 0.2) is 9.84 Å². The molecule has 0 aliphatic rings. The summed E-state index contributed by atoms with van der Waals surface area (Å²) in [6, 6.07) is 10.5. The third kappa shape index (κ3) is 5.37. The normalized spacial score (nSPS) is 11.1. The number of halogens is 1. The summed E-state index contributed by atoms with van der Waals surface area (Å²) in [6.45, 7) is 1.65. The summed E-state index contributed by atoms with van der Waals surface area (Å²) in [7, 11) is -3.43. The molecule has 25 heavy (non-hydrogen) atoms. The van der Waals surface area contributed by atoms with Crippen molar-refractivity contribution in [2.75, 3.05) is 17.7 Å². The first-order valence-electron chi connectivity index (χ1n) is 7.56. The lowest BCUT2D eigenvalue weighted by Crippen LogP contribution is -2.15. The highest BCUT2D eigenvalue weighted by Gasteiger charge is 2.15. The molecule has 0 unspecified atom stereocenters. The maximum atomic E-state index is 12.0. The monoisotopic (exact) mass is 383 g/mol. The Balaban J connectivity index is 1.96. The molecule has 1 amide bonds. The fourth-order valence-electron chi connectivity index (χ4n) is 1.98. The summed E-state index contributed by atoms with van der Waals surface area (Å²) in [4.78, 5) is 12.0. The van der Waals surface area contributed by atoms with E-state index in [0.717, 1.165) is 0 Å². The molecule has 0 bridgehead atoms. The molecule has 2 aromatic rings. The van der Waals surface area contributed by atoms with Crippen molar-refractivity contribution in [1.82, 2.24) is 0 Å². The number of ether oxygens (including phenoxy) is 1. The number of nitrogens with one attached hydrogen (secondary N) is 1. The van der Waals surface area contributed by atoms with E-state index in [-0.39, 0.29) is 35.1 Å². The van der Waals surface area contributed by atoms with Gasteiger partial charge in [-0.15, -0.1) is 0 Å². The average molecular weight is 384 g/mol. The Labute approximate surface area is 151 Å². The van der Waals surface area contributed by atoms with Crippen LogP contribution in [0.4, 0.5) is 5.69 Å². The first-order valence-corrected chi connectivity index (χ1v) is 9.59. The van der Waals surface area contributed by atoms with Crippen molar-refractivity contribution in [3.63, 3.8) is 0 Å². The van der Waals surface area contributed by atoms with Crippen LogP contribution >= 0.6 is 11.6 Å². The standard InChI is InChI=1S/C17H18ClNO5S/c1-2-25(22,23)14-7-8-16(20)15(11-14)19-17(21)9-10-24-13-5-3-12(18)4-6-13/h3-8,11,20H,2,9-10H2,1H3,(H,19,21). The first kappa shape index (κ1) is 19.1. The molecule has 6 nitrogen and oxygen atoms in total. The molecule has 8 heteroatoms.